The number of ether oxygens (including phenoxy) is 2. The van der Waals surface area contributed by atoms with Gasteiger partial charge in [0.1, 0.15) is 23.3 Å². The van der Waals surface area contributed by atoms with Crippen molar-refractivity contribution in [3.63, 3.8) is 0 Å². The van der Waals surface area contributed by atoms with Crippen LogP contribution < -0.4 is 9.47 Å². The van der Waals surface area contributed by atoms with Crippen LogP contribution in [0.5, 0.6) is 11.5 Å². The molecule has 1 aliphatic heterocycles. The van der Waals surface area contributed by atoms with Gasteiger partial charge in [0.25, 0.3) is 5.91 Å². The molecule has 6 heteroatoms. The van der Waals surface area contributed by atoms with E-state index in [1.165, 1.54) is 0 Å². The van der Waals surface area contributed by atoms with Gasteiger partial charge in [0.05, 0.1) is 19.6 Å². The van der Waals surface area contributed by atoms with Crippen LogP contribution in [0.4, 0.5) is 0 Å². The summed E-state index contributed by atoms with van der Waals surface area (Å²) in [5.41, 5.74) is 0.625. The van der Waals surface area contributed by atoms with Crippen LogP contribution >= 0.6 is 0 Å². The second kappa shape index (κ2) is 6.73. The minimum absolute atomic E-state index is 0.0351. The fraction of sp³-hybridized carbons (Fsp3) is 0.412. The maximum Gasteiger partial charge on any atom is 0.272 e. The van der Waals surface area contributed by atoms with Crippen LogP contribution in [0.15, 0.2) is 36.8 Å². The number of nitrogens with zero attached hydrogens (tertiary/aromatic N) is 3. The van der Waals surface area contributed by atoms with Crippen molar-refractivity contribution < 1.29 is 14.3 Å². The first kappa shape index (κ1) is 15.4. The molecular weight excluding hydrogens is 294 g/mol. The van der Waals surface area contributed by atoms with Crippen LogP contribution in [0.3, 0.4) is 0 Å². The Kier molecular flexibility index (Phi) is 4.50. The highest BCUT2D eigenvalue weighted by Crippen LogP contribution is 2.22. The molecule has 1 amide bonds. The molecule has 0 radical (unpaired) electrons. The summed E-state index contributed by atoms with van der Waals surface area (Å²) in [6.45, 7) is 1.40. The Hall–Kier alpha value is -2.50. The van der Waals surface area contributed by atoms with Crippen LogP contribution in [0.1, 0.15) is 23.3 Å². The first-order valence-corrected chi connectivity index (χ1v) is 7.73. The molecular formula is C17H21N3O3. The third-order valence-electron chi connectivity index (χ3n) is 4.13. The molecule has 6 nitrogen and oxygen atoms in total. The van der Waals surface area contributed by atoms with Gasteiger partial charge < -0.3 is 18.9 Å². The van der Waals surface area contributed by atoms with Crippen LogP contribution in [-0.2, 0) is 7.05 Å². The summed E-state index contributed by atoms with van der Waals surface area (Å²) >= 11 is 0. The number of methoxy groups -OCH3 is 1. The number of likely N-dealkylation sites (tertiary alicyclic amines) is 1. The molecule has 122 valence electrons. The SMILES string of the molecule is COc1ccc(OC2CCN(C(=O)c3cncn3C)CC2)cc1. The second-order valence-corrected chi connectivity index (χ2v) is 5.67. The van der Waals surface area contributed by atoms with E-state index in [4.69, 9.17) is 9.47 Å². The number of piperidine rings is 1. The Labute approximate surface area is 135 Å². The van der Waals surface area contributed by atoms with E-state index in [0.29, 0.717) is 18.8 Å². The largest absolute Gasteiger partial charge is 0.497 e. The van der Waals surface area contributed by atoms with Crippen molar-refractivity contribution in [1.29, 1.82) is 0 Å². The molecule has 2 heterocycles. The number of amides is 1. The predicted molar refractivity (Wildman–Crippen MR) is 85.8 cm³/mol. The van der Waals surface area contributed by atoms with Crippen molar-refractivity contribution in [3.8, 4) is 11.5 Å². The van der Waals surface area contributed by atoms with Gasteiger partial charge in [-0.05, 0) is 24.3 Å². The number of carbonyl (C=O) groups is 1. The van der Waals surface area contributed by atoms with Gasteiger partial charge in [-0.25, -0.2) is 4.98 Å². The summed E-state index contributed by atoms with van der Waals surface area (Å²) in [5.74, 6) is 1.68. The molecule has 1 aliphatic rings. The summed E-state index contributed by atoms with van der Waals surface area (Å²) in [7, 11) is 3.48. The average molecular weight is 315 g/mol. The quantitative estimate of drug-likeness (QED) is 0.867. The van der Waals surface area contributed by atoms with Crippen molar-refractivity contribution in [1.82, 2.24) is 14.5 Å². The Morgan fingerprint density at radius 3 is 2.39 bits per heavy atom. The van der Waals surface area contributed by atoms with E-state index in [-0.39, 0.29) is 12.0 Å². The predicted octanol–water partition coefficient (Wildman–Crippen LogP) is 2.11. The standard InChI is InChI=1S/C17H21N3O3/c1-19-12-18-11-16(19)17(21)20-9-7-15(8-10-20)23-14-5-3-13(22-2)4-6-14/h3-6,11-12,15H,7-10H2,1-2H3. The lowest BCUT2D eigenvalue weighted by molar-refractivity contribution is 0.0586. The van der Waals surface area contributed by atoms with E-state index in [0.717, 1.165) is 24.3 Å². The molecule has 0 spiro atoms. The van der Waals surface area contributed by atoms with Crippen molar-refractivity contribution >= 4 is 5.91 Å². The lowest BCUT2D eigenvalue weighted by Gasteiger charge is -2.32. The van der Waals surface area contributed by atoms with Crippen molar-refractivity contribution in [2.24, 2.45) is 7.05 Å². The Balaban J connectivity index is 1.54. The summed E-state index contributed by atoms with van der Waals surface area (Å²) in [4.78, 5) is 18.3. The van der Waals surface area contributed by atoms with Gasteiger partial charge in [0.2, 0.25) is 0 Å². The first-order valence-electron chi connectivity index (χ1n) is 7.73. The monoisotopic (exact) mass is 315 g/mol. The zero-order valence-corrected chi connectivity index (χ0v) is 13.4. The van der Waals surface area contributed by atoms with E-state index < -0.39 is 0 Å². The highest BCUT2D eigenvalue weighted by Gasteiger charge is 2.26. The fourth-order valence-electron chi connectivity index (χ4n) is 2.75. The van der Waals surface area contributed by atoms with Crippen LogP contribution in [0.2, 0.25) is 0 Å². The number of benzene rings is 1. The molecule has 1 fully saturated rings. The summed E-state index contributed by atoms with van der Waals surface area (Å²) < 4.78 is 12.9. The van der Waals surface area contributed by atoms with E-state index >= 15 is 0 Å². The van der Waals surface area contributed by atoms with Gasteiger partial charge in [0, 0.05) is 33.0 Å². The van der Waals surface area contributed by atoms with E-state index in [9.17, 15) is 4.79 Å². The molecule has 1 aromatic heterocycles. The molecule has 0 saturated carbocycles. The van der Waals surface area contributed by atoms with E-state index in [1.807, 2.05) is 36.2 Å². The van der Waals surface area contributed by atoms with E-state index in [2.05, 4.69) is 4.98 Å². The normalized spacial score (nSPS) is 15.5. The Morgan fingerprint density at radius 1 is 1.17 bits per heavy atom. The van der Waals surface area contributed by atoms with Gasteiger partial charge in [-0.1, -0.05) is 0 Å². The van der Waals surface area contributed by atoms with Crippen LogP contribution in [-0.4, -0.2) is 46.7 Å². The molecule has 0 bridgehead atoms. The molecule has 0 N–H and O–H groups in total. The highest BCUT2D eigenvalue weighted by molar-refractivity contribution is 5.92. The Bertz CT molecular complexity index is 658. The second-order valence-electron chi connectivity index (χ2n) is 5.67. The van der Waals surface area contributed by atoms with Gasteiger partial charge in [-0.2, -0.15) is 0 Å². The van der Waals surface area contributed by atoms with Gasteiger partial charge >= 0.3 is 0 Å². The number of rotatable bonds is 4. The number of hydrogen-bond acceptors (Lipinski definition) is 4. The summed E-state index contributed by atoms with van der Waals surface area (Å²) in [6, 6.07) is 7.59. The molecule has 23 heavy (non-hydrogen) atoms. The van der Waals surface area contributed by atoms with Gasteiger partial charge in [-0.15, -0.1) is 0 Å². The van der Waals surface area contributed by atoms with Gasteiger partial charge in [0.15, 0.2) is 0 Å². The number of aromatic nitrogens is 2. The molecule has 3 rings (SSSR count). The molecule has 0 atom stereocenters. The molecule has 1 saturated heterocycles. The molecule has 2 aromatic rings. The summed E-state index contributed by atoms with van der Waals surface area (Å²) in [6.07, 6.45) is 5.05. The number of aryl methyl sites for hydroxylation is 1. The van der Waals surface area contributed by atoms with Crippen molar-refractivity contribution in [3.05, 3.63) is 42.5 Å². The van der Waals surface area contributed by atoms with E-state index in [1.54, 1.807) is 24.2 Å². The number of hydrogen-bond donors (Lipinski definition) is 0. The first-order chi connectivity index (χ1) is 11.2. The topological polar surface area (TPSA) is 56.6 Å². The average Bonchev–Trinajstić information content (AvgIpc) is 3.02. The number of carbonyl (C=O) groups excluding carboxylic acids is 1. The highest BCUT2D eigenvalue weighted by atomic mass is 16.5. The third-order valence-corrected chi connectivity index (χ3v) is 4.13. The third kappa shape index (κ3) is 3.47. The zero-order valence-electron chi connectivity index (χ0n) is 13.4. The Morgan fingerprint density at radius 2 is 1.83 bits per heavy atom. The zero-order chi connectivity index (χ0) is 16.2. The minimum Gasteiger partial charge on any atom is -0.497 e. The van der Waals surface area contributed by atoms with Gasteiger partial charge in [-0.3, -0.25) is 4.79 Å². The lowest BCUT2D eigenvalue weighted by Crippen LogP contribution is -2.42. The summed E-state index contributed by atoms with van der Waals surface area (Å²) in [5, 5.41) is 0. The lowest BCUT2D eigenvalue weighted by atomic mass is 10.1. The molecule has 1 aromatic carbocycles. The molecule has 0 unspecified atom stereocenters. The number of imidazole rings is 1. The molecule has 0 aliphatic carbocycles. The maximum absolute atomic E-state index is 12.4. The maximum atomic E-state index is 12.4. The van der Waals surface area contributed by atoms with Crippen LogP contribution in [0, 0.1) is 0 Å². The minimum atomic E-state index is 0.0351. The fourth-order valence-corrected chi connectivity index (χ4v) is 2.75. The smallest absolute Gasteiger partial charge is 0.272 e. The van der Waals surface area contributed by atoms with Crippen molar-refractivity contribution in [2.45, 2.75) is 18.9 Å². The van der Waals surface area contributed by atoms with Crippen molar-refractivity contribution in [2.75, 3.05) is 20.2 Å². The van der Waals surface area contributed by atoms with Crippen LogP contribution in [0.25, 0.3) is 0 Å².